The van der Waals surface area contributed by atoms with Crippen molar-refractivity contribution in [1.29, 1.82) is 0 Å². The molecule has 0 fully saturated rings. The van der Waals surface area contributed by atoms with Gasteiger partial charge in [0.1, 0.15) is 17.5 Å². The van der Waals surface area contributed by atoms with E-state index < -0.39 is 33.7 Å². The fourth-order valence-electron chi connectivity index (χ4n) is 1.62. The summed E-state index contributed by atoms with van der Waals surface area (Å²) in [6, 6.07) is 1.43. The molecule has 0 aliphatic rings. The molecule has 0 N–H and O–H groups in total. The molecule has 1 rings (SSSR count). The summed E-state index contributed by atoms with van der Waals surface area (Å²) in [5.74, 6) is -2.72. The topological polar surface area (TPSA) is 27.7 Å². The Balaban J connectivity index is 2.57. The molecule has 0 bridgehead atoms. The van der Waals surface area contributed by atoms with Crippen molar-refractivity contribution in [1.82, 2.24) is 0 Å². The van der Waals surface area contributed by atoms with Crippen LogP contribution in [0.25, 0.3) is 0 Å². The quantitative estimate of drug-likeness (QED) is 0.544. The molecule has 21 heavy (non-hydrogen) atoms. The summed E-state index contributed by atoms with van der Waals surface area (Å²) in [4.78, 5) is 0. The minimum atomic E-state index is -1.33. The van der Waals surface area contributed by atoms with Crippen LogP contribution in [0, 0.1) is 17.5 Å². The maximum Gasteiger partial charge on any atom is 0.262 e. The van der Waals surface area contributed by atoms with Crippen molar-refractivity contribution < 1.29 is 27.1 Å². The molecule has 0 amide bonds. The van der Waals surface area contributed by atoms with E-state index in [0.29, 0.717) is 12.1 Å². The molecule has 120 valence electrons. The van der Waals surface area contributed by atoms with Crippen molar-refractivity contribution >= 4 is 9.76 Å². The summed E-state index contributed by atoms with van der Waals surface area (Å²) < 4.78 is 56.1. The summed E-state index contributed by atoms with van der Waals surface area (Å²) in [6.45, 7) is 6.49. The minimum Gasteiger partial charge on any atom is -0.378 e. The molecule has 0 radical (unpaired) electrons. The van der Waals surface area contributed by atoms with E-state index in [0.717, 1.165) is 0 Å². The molecule has 0 aliphatic heterocycles. The number of hydrogen-bond acceptors (Lipinski definition) is 3. The molecule has 0 atom stereocenters. The zero-order valence-electron chi connectivity index (χ0n) is 12.7. The van der Waals surface area contributed by atoms with Crippen LogP contribution in [0.1, 0.15) is 33.3 Å². The fourth-order valence-corrected chi connectivity index (χ4v) is 2.77. The minimum absolute atomic E-state index is 0.0946. The molecule has 7 heteroatoms. The average Bonchev–Trinajstić information content (AvgIpc) is 2.30. The van der Waals surface area contributed by atoms with Crippen LogP contribution in [0.5, 0.6) is 0 Å². The Morgan fingerprint density at radius 3 is 1.86 bits per heavy atom. The first-order valence-electron chi connectivity index (χ1n) is 6.85. The van der Waals surface area contributed by atoms with E-state index in [1.54, 1.807) is 0 Å². The number of hydrogen-bond donors (Lipinski definition) is 0. The van der Waals surface area contributed by atoms with Gasteiger partial charge in [0.25, 0.3) is 6.48 Å². The number of rotatable bonds is 8. The number of halogens is 3. The van der Waals surface area contributed by atoms with E-state index in [1.165, 1.54) is 0 Å². The first-order chi connectivity index (χ1) is 9.79. The van der Waals surface area contributed by atoms with Gasteiger partial charge >= 0.3 is 0 Å². The number of benzene rings is 1. The van der Waals surface area contributed by atoms with Gasteiger partial charge in [0.15, 0.2) is 9.76 Å². The summed E-state index contributed by atoms with van der Waals surface area (Å²) in [5, 5.41) is 0. The molecule has 0 aliphatic carbocycles. The summed E-state index contributed by atoms with van der Waals surface area (Å²) in [7, 11) is -1.33. The first kappa shape index (κ1) is 18.2. The van der Waals surface area contributed by atoms with Gasteiger partial charge < -0.3 is 13.9 Å². The molecule has 0 saturated carbocycles. The second kappa shape index (κ2) is 8.53. The smallest absolute Gasteiger partial charge is 0.262 e. The van der Waals surface area contributed by atoms with Gasteiger partial charge in [-0.2, -0.15) is 0 Å². The van der Waals surface area contributed by atoms with Gasteiger partial charge in [-0.25, -0.2) is 13.2 Å². The molecule has 0 heterocycles. The Morgan fingerprint density at radius 2 is 1.43 bits per heavy atom. The molecule has 0 spiro atoms. The maximum absolute atomic E-state index is 13.5. The normalized spacial score (nSPS) is 12.5. The van der Waals surface area contributed by atoms with Gasteiger partial charge in [-0.15, -0.1) is 0 Å². The van der Waals surface area contributed by atoms with Crippen LogP contribution in [-0.4, -0.2) is 28.4 Å². The van der Waals surface area contributed by atoms with Crippen molar-refractivity contribution in [3.8, 4) is 0 Å². The van der Waals surface area contributed by atoms with E-state index in [9.17, 15) is 13.2 Å². The lowest BCUT2D eigenvalue weighted by Crippen LogP contribution is -2.29. The van der Waals surface area contributed by atoms with E-state index in [2.05, 4.69) is 0 Å². The van der Waals surface area contributed by atoms with Gasteiger partial charge in [0.2, 0.25) is 0 Å². The average molecular weight is 322 g/mol. The second-order valence-electron chi connectivity index (χ2n) is 5.13. The Kier molecular flexibility index (Phi) is 7.37. The second-order valence-corrected chi connectivity index (χ2v) is 6.37. The maximum atomic E-state index is 13.5. The van der Waals surface area contributed by atoms with Crippen molar-refractivity contribution in [3.05, 3.63) is 35.1 Å². The number of ether oxygens (including phenoxy) is 2. The predicted molar refractivity (Wildman–Crippen MR) is 75.9 cm³/mol. The highest BCUT2D eigenvalue weighted by molar-refractivity contribution is 6.26. The Labute approximate surface area is 125 Å². The van der Waals surface area contributed by atoms with E-state index in [1.807, 2.05) is 27.7 Å². The van der Waals surface area contributed by atoms with E-state index in [-0.39, 0.29) is 23.8 Å². The van der Waals surface area contributed by atoms with Crippen LogP contribution < -0.4 is 0 Å². The third-order valence-electron chi connectivity index (χ3n) is 2.48. The largest absolute Gasteiger partial charge is 0.378 e. The molecular weight excluding hydrogens is 301 g/mol. The molecule has 1 aromatic rings. The summed E-state index contributed by atoms with van der Waals surface area (Å²) >= 11 is 0. The highest BCUT2D eigenvalue weighted by atomic mass is 28.2. The van der Waals surface area contributed by atoms with Crippen LogP contribution in [0.15, 0.2) is 12.1 Å². The SMILES string of the molecule is CC(C)OC(O[SiH2]Cc1c(F)cc(F)cc1F)OC(C)C. The van der Waals surface area contributed by atoms with Gasteiger partial charge in [-0.05, 0) is 33.7 Å². The van der Waals surface area contributed by atoms with Gasteiger partial charge in [0, 0.05) is 17.7 Å². The van der Waals surface area contributed by atoms with Gasteiger partial charge in [-0.3, -0.25) is 0 Å². The lowest BCUT2D eigenvalue weighted by molar-refractivity contribution is -0.275. The molecular formula is C14H21F3O3Si. The first-order valence-corrected chi connectivity index (χ1v) is 8.43. The fraction of sp³-hybridized carbons (Fsp3) is 0.571. The van der Waals surface area contributed by atoms with Crippen LogP contribution >= 0.6 is 0 Å². The molecule has 0 unspecified atom stereocenters. The van der Waals surface area contributed by atoms with Crippen molar-refractivity contribution in [3.63, 3.8) is 0 Å². The van der Waals surface area contributed by atoms with Crippen molar-refractivity contribution in [2.24, 2.45) is 0 Å². The van der Waals surface area contributed by atoms with Crippen LogP contribution in [-0.2, 0) is 19.9 Å². The Morgan fingerprint density at radius 1 is 0.952 bits per heavy atom. The monoisotopic (exact) mass is 322 g/mol. The Hall–Kier alpha value is -0.893. The third-order valence-corrected chi connectivity index (χ3v) is 3.69. The molecule has 1 aromatic carbocycles. The predicted octanol–water partition coefficient (Wildman–Crippen LogP) is 2.84. The Bertz CT molecular complexity index is 422. The van der Waals surface area contributed by atoms with Crippen molar-refractivity contribution in [2.45, 2.75) is 52.4 Å². The molecule has 3 nitrogen and oxygen atoms in total. The zero-order valence-corrected chi connectivity index (χ0v) is 14.1. The summed E-state index contributed by atoms with van der Waals surface area (Å²) in [5.41, 5.74) is -0.157. The zero-order chi connectivity index (χ0) is 16.0. The van der Waals surface area contributed by atoms with Gasteiger partial charge in [-0.1, -0.05) is 0 Å². The van der Waals surface area contributed by atoms with Crippen LogP contribution in [0.3, 0.4) is 0 Å². The van der Waals surface area contributed by atoms with E-state index >= 15 is 0 Å². The van der Waals surface area contributed by atoms with Crippen LogP contribution in [0.2, 0.25) is 0 Å². The standard InChI is InChI=1S/C14H21F3O3Si/c1-8(2)18-14(19-9(3)4)20-21-7-11-12(16)5-10(15)6-13(11)17/h5-6,8-9,14H,7,21H2,1-4H3. The molecule has 0 saturated heterocycles. The highest BCUT2D eigenvalue weighted by Crippen LogP contribution is 2.15. The lowest BCUT2D eigenvalue weighted by atomic mass is 10.2. The highest BCUT2D eigenvalue weighted by Gasteiger charge is 2.16. The molecule has 0 aromatic heterocycles. The van der Waals surface area contributed by atoms with Gasteiger partial charge in [0.05, 0.1) is 12.2 Å². The lowest BCUT2D eigenvalue weighted by Gasteiger charge is -2.23. The van der Waals surface area contributed by atoms with E-state index in [4.69, 9.17) is 13.9 Å². The third kappa shape index (κ3) is 6.60. The van der Waals surface area contributed by atoms with Crippen molar-refractivity contribution in [2.75, 3.05) is 0 Å². The summed E-state index contributed by atoms with van der Waals surface area (Å²) in [6.07, 6.45) is -0.191. The van der Waals surface area contributed by atoms with Crippen LogP contribution in [0.4, 0.5) is 13.2 Å².